The number of hydrogen-bond donors (Lipinski definition) is 0. The van der Waals surface area contributed by atoms with Crippen molar-refractivity contribution >= 4 is 0 Å². The number of nitriles is 1. The van der Waals surface area contributed by atoms with Gasteiger partial charge < -0.3 is 0 Å². The van der Waals surface area contributed by atoms with Crippen LogP contribution >= 0.6 is 0 Å². The van der Waals surface area contributed by atoms with Crippen molar-refractivity contribution < 1.29 is 0 Å². The van der Waals surface area contributed by atoms with E-state index in [4.69, 9.17) is 5.26 Å². The highest BCUT2D eigenvalue weighted by Crippen LogP contribution is 2.38. The van der Waals surface area contributed by atoms with E-state index in [0.717, 1.165) is 23.9 Å². The topological polar surface area (TPSA) is 49.6 Å². The first-order valence-corrected chi connectivity index (χ1v) is 5.63. The van der Waals surface area contributed by atoms with Crippen LogP contribution in [-0.4, -0.2) is 9.97 Å². The van der Waals surface area contributed by atoms with Crippen molar-refractivity contribution in [3.05, 3.63) is 23.3 Å². The minimum absolute atomic E-state index is 0.538. The van der Waals surface area contributed by atoms with E-state index < -0.39 is 0 Å². The van der Waals surface area contributed by atoms with E-state index in [-0.39, 0.29) is 0 Å². The van der Waals surface area contributed by atoms with Crippen LogP contribution in [0, 0.1) is 17.2 Å². The molecule has 0 amide bonds. The van der Waals surface area contributed by atoms with E-state index in [0.29, 0.717) is 11.6 Å². The molecule has 0 saturated heterocycles. The van der Waals surface area contributed by atoms with Crippen molar-refractivity contribution in [2.75, 3.05) is 0 Å². The van der Waals surface area contributed by atoms with Crippen molar-refractivity contribution in [2.24, 2.45) is 5.92 Å². The maximum absolute atomic E-state index is 8.90. The second kappa shape index (κ2) is 3.30. The van der Waals surface area contributed by atoms with Crippen LogP contribution in [0.5, 0.6) is 0 Å². The molecular weight excluding hydrogens is 186 g/mol. The molecule has 1 aromatic rings. The van der Waals surface area contributed by atoms with Crippen LogP contribution in [0.25, 0.3) is 0 Å². The Hall–Kier alpha value is -1.43. The van der Waals surface area contributed by atoms with Gasteiger partial charge in [0.2, 0.25) is 0 Å². The molecule has 15 heavy (non-hydrogen) atoms. The van der Waals surface area contributed by atoms with Gasteiger partial charge >= 0.3 is 0 Å². The fraction of sp³-hybridized carbons (Fsp3) is 0.583. The van der Waals surface area contributed by atoms with E-state index >= 15 is 0 Å². The molecule has 3 rings (SSSR count). The molecule has 2 fully saturated rings. The number of rotatable bonds is 3. The molecule has 76 valence electrons. The summed E-state index contributed by atoms with van der Waals surface area (Å²) in [6.45, 7) is 0. The molecule has 0 spiro atoms. The Balaban J connectivity index is 1.90. The molecule has 3 heteroatoms. The fourth-order valence-electron chi connectivity index (χ4n) is 1.82. The summed E-state index contributed by atoms with van der Waals surface area (Å²) in [5.41, 5.74) is 1.62. The Morgan fingerprint density at radius 1 is 1.27 bits per heavy atom. The van der Waals surface area contributed by atoms with Gasteiger partial charge in [0, 0.05) is 11.6 Å². The van der Waals surface area contributed by atoms with E-state index in [1.54, 1.807) is 0 Å². The normalized spacial score (nSPS) is 19.9. The average molecular weight is 199 g/mol. The molecule has 0 aliphatic heterocycles. The lowest BCUT2D eigenvalue weighted by molar-refractivity contribution is 0.775. The van der Waals surface area contributed by atoms with Gasteiger partial charge in [0.25, 0.3) is 0 Å². The van der Waals surface area contributed by atoms with E-state index in [2.05, 4.69) is 16.0 Å². The highest BCUT2D eigenvalue weighted by atomic mass is 14.9. The predicted molar refractivity (Wildman–Crippen MR) is 55.2 cm³/mol. The van der Waals surface area contributed by atoms with Gasteiger partial charge in [-0.1, -0.05) is 0 Å². The number of aromatic nitrogens is 2. The smallest absolute Gasteiger partial charge is 0.144 e. The largest absolute Gasteiger partial charge is 0.238 e. The lowest BCUT2D eigenvalue weighted by atomic mass is 10.2. The van der Waals surface area contributed by atoms with Crippen LogP contribution in [-0.2, 0) is 6.42 Å². The maximum Gasteiger partial charge on any atom is 0.144 e. The quantitative estimate of drug-likeness (QED) is 0.749. The minimum atomic E-state index is 0.538. The summed E-state index contributed by atoms with van der Waals surface area (Å²) >= 11 is 0. The van der Waals surface area contributed by atoms with E-state index in [1.807, 2.05) is 6.07 Å². The SMILES string of the molecule is N#Cc1cc(CC2CC2)nc(C2CC2)n1. The molecule has 2 saturated carbocycles. The molecular formula is C12H13N3. The van der Waals surface area contributed by atoms with Crippen molar-refractivity contribution in [3.8, 4) is 6.07 Å². The first-order chi connectivity index (χ1) is 7.35. The molecule has 2 aliphatic rings. The fourth-order valence-corrected chi connectivity index (χ4v) is 1.82. The van der Waals surface area contributed by atoms with Crippen LogP contribution in [0.15, 0.2) is 6.07 Å². The summed E-state index contributed by atoms with van der Waals surface area (Å²) < 4.78 is 0. The van der Waals surface area contributed by atoms with Gasteiger partial charge in [0.15, 0.2) is 0 Å². The predicted octanol–water partition coefficient (Wildman–Crippen LogP) is 2.18. The van der Waals surface area contributed by atoms with Gasteiger partial charge in [-0.05, 0) is 44.1 Å². The molecule has 0 N–H and O–H groups in total. The lowest BCUT2D eigenvalue weighted by Crippen LogP contribution is -2.01. The van der Waals surface area contributed by atoms with Crippen molar-refractivity contribution in [2.45, 2.75) is 38.0 Å². The van der Waals surface area contributed by atoms with Crippen molar-refractivity contribution in [3.63, 3.8) is 0 Å². The van der Waals surface area contributed by atoms with Gasteiger partial charge in [-0.2, -0.15) is 5.26 Å². The summed E-state index contributed by atoms with van der Waals surface area (Å²) in [5.74, 6) is 2.26. The zero-order valence-corrected chi connectivity index (χ0v) is 8.61. The van der Waals surface area contributed by atoms with Crippen LogP contribution in [0.2, 0.25) is 0 Å². The Morgan fingerprint density at radius 2 is 2.07 bits per heavy atom. The molecule has 1 aromatic heterocycles. The zero-order valence-electron chi connectivity index (χ0n) is 8.61. The highest BCUT2D eigenvalue weighted by molar-refractivity contribution is 5.25. The zero-order chi connectivity index (χ0) is 10.3. The standard InChI is InChI=1S/C12H13N3/c13-7-11-6-10(5-8-1-2-8)14-12(15-11)9-3-4-9/h6,8-9H,1-5H2. The van der Waals surface area contributed by atoms with Gasteiger partial charge in [0.05, 0.1) is 0 Å². The molecule has 0 bridgehead atoms. The van der Waals surface area contributed by atoms with Crippen molar-refractivity contribution in [1.29, 1.82) is 5.26 Å². The third-order valence-corrected chi connectivity index (χ3v) is 3.05. The van der Waals surface area contributed by atoms with Gasteiger partial charge in [-0.25, -0.2) is 9.97 Å². The third kappa shape index (κ3) is 1.99. The molecule has 1 heterocycles. The Kier molecular flexibility index (Phi) is 1.95. The molecule has 0 unspecified atom stereocenters. The summed E-state index contributed by atoms with van der Waals surface area (Å²) in [6, 6.07) is 3.98. The summed E-state index contributed by atoms with van der Waals surface area (Å²) in [6.07, 6.45) is 6.07. The van der Waals surface area contributed by atoms with Crippen LogP contribution in [0.4, 0.5) is 0 Å². The van der Waals surface area contributed by atoms with Gasteiger partial charge in [-0.3, -0.25) is 0 Å². The average Bonchev–Trinajstić information content (AvgIpc) is 3.10. The molecule has 3 nitrogen and oxygen atoms in total. The maximum atomic E-state index is 8.90. The molecule has 2 aliphatic carbocycles. The second-order valence-electron chi connectivity index (χ2n) is 4.64. The molecule has 0 atom stereocenters. The number of hydrogen-bond acceptors (Lipinski definition) is 3. The van der Waals surface area contributed by atoms with E-state index in [1.165, 1.54) is 25.7 Å². The lowest BCUT2D eigenvalue weighted by Gasteiger charge is -2.02. The van der Waals surface area contributed by atoms with Crippen molar-refractivity contribution in [1.82, 2.24) is 9.97 Å². The number of nitrogens with zero attached hydrogens (tertiary/aromatic N) is 3. The van der Waals surface area contributed by atoms with Crippen LogP contribution < -0.4 is 0 Å². The first-order valence-electron chi connectivity index (χ1n) is 5.63. The third-order valence-electron chi connectivity index (χ3n) is 3.05. The summed E-state index contributed by atoms with van der Waals surface area (Å²) in [4.78, 5) is 8.83. The molecule has 0 aromatic carbocycles. The molecule has 0 radical (unpaired) electrons. The summed E-state index contributed by atoms with van der Waals surface area (Å²) in [5, 5.41) is 8.90. The second-order valence-corrected chi connectivity index (χ2v) is 4.64. The Labute approximate surface area is 89.2 Å². The van der Waals surface area contributed by atoms with E-state index in [9.17, 15) is 0 Å². The van der Waals surface area contributed by atoms with Crippen LogP contribution in [0.1, 0.15) is 48.8 Å². The van der Waals surface area contributed by atoms with Crippen LogP contribution in [0.3, 0.4) is 0 Å². The first kappa shape index (κ1) is 8.84. The minimum Gasteiger partial charge on any atom is -0.238 e. The Morgan fingerprint density at radius 3 is 2.67 bits per heavy atom. The van der Waals surface area contributed by atoms with Gasteiger partial charge in [0.1, 0.15) is 17.6 Å². The monoisotopic (exact) mass is 199 g/mol. The summed E-state index contributed by atoms with van der Waals surface area (Å²) in [7, 11) is 0. The highest BCUT2D eigenvalue weighted by Gasteiger charge is 2.28. The Bertz CT molecular complexity index is 425. The van der Waals surface area contributed by atoms with Gasteiger partial charge in [-0.15, -0.1) is 0 Å².